The molecule has 3 rings (SSSR count). The maximum absolute atomic E-state index is 9.89. The summed E-state index contributed by atoms with van der Waals surface area (Å²) >= 11 is 0. The van der Waals surface area contributed by atoms with Crippen LogP contribution in [0.3, 0.4) is 0 Å². The zero-order valence-corrected chi connectivity index (χ0v) is 10.1. The minimum absolute atomic E-state index is 0.0717. The predicted octanol–water partition coefficient (Wildman–Crippen LogP) is 3.12. The number of hydrogen-bond donors (Lipinski definition) is 3. The Bertz CT molecular complexity index is 607. The fourth-order valence-corrected chi connectivity index (χ4v) is 2.51. The van der Waals surface area contributed by atoms with Crippen molar-refractivity contribution < 1.29 is 10.2 Å². The SMILES string of the molecule is Cc1ccc2c(c1)CC(c1ccc(O)cc1O)N2. The van der Waals surface area contributed by atoms with E-state index in [0.29, 0.717) is 0 Å². The number of hydrogen-bond acceptors (Lipinski definition) is 3. The normalized spacial score (nSPS) is 17.3. The monoisotopic (exact) mass is 241 g/mol. The first kappa shape index (κ1) is 11.0. The highest BCUT2D eigenvalue weighted by atomic mass is 16.3. The number of phenols is 2. The van der Waals surface area contributed by atoms with Gasteiger partial charge in [0.1, 0.15) is 11.5 Å². The van der Waals surface area contributed by atoms with Gasteiger partial charge >= 0.3 is 0 Å². The Labute approximate surface area is 106 Å². The van der Waals surface area contributed by atoms with Crippen molar-refractivity contribution in [1.29, 1.82) is 0 Å². The third kappa shape index (κ3) is 1.78. The van der Waals surface area contributed by atoms with E-state index >= 15 is 0 Å². The van der Waals surface area contributed by atoms with Gasteiger partial charge < -0.3 is 15.5 Å². The fraction of sp³-hybridized carbons (Fsp3) is 0.200. The highest BCUT2D eigenvalue weighted by Crippen LogP contribution is 2.38. The molecule has 0 amide bonds. The molecule has 0 saturated heterocycles. The first-order valence-corrected chi connectivity index (χ1v) is 6.01. The molecule has 0 saturated carbocycles. The van der Waals surface area contributed by atoms with Gasteiger partial charge in [0.2, 0.25) is 0 Å². The Morgan fingerprint density at radius 2 is 1.94 bits per heavy atom. The van der Waals surface area contributed by atoms with Crippen LogP contribution in [0.15, 0.2) is 36.4 Å². The van der Waals surface area contributed by atoms with Crippen LogP contribution in [0.25, 0.3) is 0 Å². The van der Waals surface area contributed by atoms with Crippen molar-refractivity contribution >= 4 is 5.69 Å². The van der Waals surface area contributed by atoms with Crippen LogP contribution < -0.4 is 5.32 Å². The number of phenolic OH excluding ortho intramolecular Hbond substituents is 2. The van der Waals surface area contributed by atoms with E-state index in [-0.39, 0.29) is 17.5 Å². The lowest BCUT2D eigenvalue weighted by Crippen LogP contribution is -2.05. The second-order valence-electron chi connectivity index (χ2n) is 4.80. The van der Waals surface area contributed by atoms with E-state index in [2.05, 4.69) is 30.4 Å². The predicted molar refractivity (Wildman–Crippen MR) is 71.0 cm³/mol. The Kier molecular flexibility index (Phi) is 2.40. The van der Waals surface area contributed by atoms with Crippen LogP contribution in [0.2, 0.25) is 0 Å². The summed E-state index contributed by atoms with van der Waals surface area (Å²) in [7, 11) is 0. The zero-order valence-electron chi connectivity index (χ0n) is 10.1. The maximum Gasteiger partial charge on any atom is 0.124 e. The lowest BCUT2D eigenvalue weighted by molar-refractivity contribution is 0.443. The molecule has 0 bridgehead atoms. The van der Waals surface area contributed by atoms with Crippen LogP contribution in [-0.4, -0.2) is 10.2 Å². The first-order chi connectivity index (χ1) is 8.63. The molecule has 0 fully saturated rings. The van der Waals surface area contributed by atoms with Crippen molar-refractivity contribution in [3.63, 3.8) is 0 Å². The summed E-state index contributed by atoms with van der Waals surface area (Å²) in [5.74, 6) is 0.222. The second-order valence-corrected chi connectivity index (χ2v) is 4.80. The van der Waals surface area contributed by atoms with E-state index < -0.39 is 0 Å². The Hall–Kier alpha value is -2.16. The third-order valence-electron chi connectivity index (χ3n) is 3.40. The van der Waals surface area contributed by atoms with E-state index in [4.69, 9.17) is 0 Å². The molecular weight excluding hydrogens is 226 g/mol. The molecule has 92 valence electrons. The molecule has 3 nitrogen and oxygen atoms in total. The van der Waals surface area contributed by atoms with Crippen LogP contribution >= 0.6 is 0 Å². The smallest absolute Gasteiger partial charge is 0.124 e. The van der Waals surface area contributed by atoms with Crippen LogP contribution in [0, 0.1) is 6.92 Å². The molecule has 2 aromatic rings. The molecule has 1 unspecified atom stereocenters. The van der Waals surface area contributed by atoms with E-state index in [0.717, 1.165) is 17.7 Å². The third-order valence-corrected chi connectivity index (χ3v) is 3.40. The number of benzene rings is 2. The van der Waals surface area contributed by atoms with Gasteiger partial charge in [-0.1, -0.05) is 17.7 Å². The van der Waals surface area contributed by atoms with Gasteiger partial charge in [0.05, 0.1) is 6.04 Å². The molecule has 0 aromatic heterocycles. The summed E-state index contributed by atoms with van der Waals surface area (Å²) < 4.78 is 0. The molecule has 0 radical (unpaired) electrons. The van der Waals surface area contributed by atoms with Gasteiger partial charge in [0.15, 0.2) is 0 Å². The minimum Gasteiger partial charge on any atom is -0.508 e. The summed E-state index contributed by atoms with van der Waals surface area (Å²) in [4.78, 5) is 0. The number of nitrogens with one attached hydrogen (secondary N) is 1. The van der Waals surface area contributed by atoms with Crippen molar-refractivity contribution in [2.45, 2.75) is 19.4 Å². The van der Waals surface area contributed by atoms with Gasteiger partial charge in [-0.15, -0.1) is 0 Å². The molecule has 3 heteroatoms. The summed E-state index contributed by atoms with van der Waals surface area (Å²) in [6, 6.07) is 11.1. The van der Waals surface area contributed by atoms with Gasteiger partial charge in [-0.3, -0.25) is 0 Å². The molecule has 3 N–H and O–H groups in total. The standard InChI is InChI=1S/C15H15NO2/c1-9-2-5-13-10(6-9)7-14(16-13)12-4-3-11(17)8-15(12)18/h2-6,8,14,16-18H,7H2,1H3. The second kappa shape index (κ2) is 3.95. The molecule has 1 aliphatic rings. The molecule has 1 atom stereocenters. The van der Waals surface area contributed by atoms with Crippen LogP contribution in [-0.2, 0) is 6.42 Å². The topological polar surface area (TPSA) is 52.5 Å². The van der Waals surface area contributed by atoms with Gasteiger partial charge in [-0.05, 0) is 37.1 Å². The molecule has 1 aliphatic heterocycles. The quantitative estimate of drug-likeness (QED) is 0.719. The number of rotatable bonds is 1. The van der Waals surface area contributed by atoms with Gasteiger partial charge in [-0.2, -0.15) is 0 Å². The average molecular weight is 241 g/mol. The molecule has 1 heterocycles. The van der Waals surface area contributed by atoms with Crippen molar-refractivity contribution in [3.8, 4) is 11.5 Å². The molecule has 0 spiro atoms. The number of anilines is 1. The van der Waals surface area contributed by atoms with Crippen LogP contribution in [0.5, 0.6) is 11.5 Å². The van der Waals surface area contributed by atoms with Gasteiger partial charge in [0, 0.05) is 17.3 Å². The van der Waals surface area contributed by atoms with E-state index in [1.807, 2.05) is 0 Å². The average Bonchev–Trinajstić information content (AvgIpc) is 2.71. The lowest BCUT2D eigenvalue weighted by Gasteiger charge is -2.13. The number of aromatic hydroxyl groups is 2. The maximum atomic E-state index is 9.89. The van der Waals surface area contributed by atoms with Gasteiger partial charge in [-0.25, -0.2) is 0 Å². The van der Waals surface area contributed by atoms with Crippen molar-refractivity contribution in [3.05, 3.63) is 53.1 Å². The molecule has 0 aliphatic carbocycles. The Morgan fingerprint density at radius 1 is 1.11 bits per heavy atom. The van der Waals surface area contributed by atoms with E-state index in [1.54, 1.807) is 12.1 Å². The molecule has 2 aromatic carbocycles. The lowest BCUT2D eigenvalue weighted by atomic mass is 10.0. The summed E-state index contributed by atoms with van der Waals surface area (Å²) in [6.45, 7) is 2.08. The van der Waals surface area contributed by atoms with Gasteiger partial charge in [0.25, 0.3) is 0 Å². The van der Waals surface area contributed by atoms with Crippen molar-refractivity contribution in [2.75, 3.05) is 5.32 Å². The van der Waals surface area contributed by atoms with Crippen LogP contribution in [0.1, 0.15) is 22.7 Å². The minimum atomic E-state index is 0.0717. The number of fused-ring (bicyclic) bond motifs is 1. The first-order valence-electron chi connectivity index (χ1n) is 6.01. The Morgan fingerprint density at radius 3 is 2.72 bits per heavy atom. The highest BCUT2D eigenvalue weighted by molar-refractivity contribution is 5.60. The van der Waals surface area contributed by atoms with Crippen LogP contribution in [0.4, 0.5) is 5.69 Å². The zero-order chi connectivity index (χ0) is 12.7. The highest BCUT2D eigenvalue weighted by Gasteiger charge is 2.24. The molecule has 18 heavy (non-hydrogen) atoms. The fourth-order valence-electron chi connectivity index (χ4n) is 2.51. The Balaban J connectivity index is 1.93. The molecular formula is C15H15NO2. The van der Waals surface area contributed by atoms with E-state index in [1.165, 1.54) is 17.2 Å². The number of aryl methyl sites for hydroxylation is 1. The summed E-state index contributed by atoms with van der Waals surface area (Å²) in [6.07, 6.45) is 0.856. The summed E-state index contributed by atoms with van der Waals surface area (Å²) in [5, 5.41) is 22.6. The van der Waals surface area contributed by atoms with E-state index in [9.17, 15) is 10.2 Å². The largest absolute Gasteiger partial charge is 0.508 e. The van der Waals surface area contributed by atoms with Crippen molar-refractivity contribution in [1.82, 2.24) is 0 Å². The summed E-state index contributed by atoms with van der Waals surface area (Å²) in [5.41, 5.74) is 4.46. The van der Waals surface area contributed by atoms with Crippen molar-refractivity contribution in [2.24, 2.45) is 0 Å².